The second kappa shape index (κ2) is 7.75. The van der Waals surface area contributed by atoms with E-state index in [1.165, 1.54) is 38.5 Å². The van der Waals surface area contributed by atoms with Gasteiger partial charge < -0.3 is 19.9 Å². The largest absolute Gasteiger partial charge is 0.457 e. The Morgan fingerprint density at radius 1 is 1.09 bits per heavy atom. The first-order valence-corrected chi connectivity index (χ1v) is 12.1. The summed E-state index contributed by atoms with van der Waals surface area (Å²) in [7, 11) is 3.65. The first-order chi connectivity index (χ1) is 16.0. The van der Waals surface area contributed by atoms with Crippen LogP contribution in [-0.4, -0.2) is 34.0 Å². The van der Waals surface area contributed by atoms with Crippen molar-refractivity contribution < 1.29 is 9.53 Å². The summed E-state index contributed by atoms with van der Waals surface area (Å²) in [6, 6.07) is 9.31. The zero-order valence-corrected chi connectivity index (χ0v) is 19.3. The van der Waals surface area contributed by atoms with Crippen molar-refractivity contribution in [3.63, 3.8) is 0 Å². The highest BCUT2D eigenvalue weighted by Crippen LogP contribution is 2.59. The summed E-state index contributed by atoms with van der Waals surface area (Å²) in [4.78, 5) is 20.8. The molecule has 2 aromatic heterocycles. The maximum atomic E-state index is 11.8. The average molecular weight is 446 g/mol. The average Bonchev–Trinajstić information content (AvgIpc) is 3.11. The van der Waals surface area contributed by atoms with Gasteiger partial charge in [0.15, 0.2) is 0 Å². The highest BCUT2D eigenvalue weighted by atomic mass is 16.5. The van der Waals surface area contributed by atoms with Crippen molar-refractivity contribution in [1.82, 2.24) is 19.9 Å². The SMILES string of the molecule is CNC(=O)c1cc(Oc2ccc3c(c2)nc(NCC24CC5CC(CC(C5)C2)C4)n3C)ccn1. The Kier molecular flexibility index (Phi) is 4.82. The van der Waals surface area contributed by atoms with Crippen LogP contribution in [-0.2, 0) is 7.05 Å². The number of rotatable bonds is 6. The van der Waals surface area contributed by atoms with Crippen LogP contribution in [0.4, 0.5) is 5.95 Å². The van der Waals surface area contributed by atoms with E-state index in [0.717, 1.165) is 41.3 Å². The van der Waals surface area contributed by atoms with Crippen LogP contribution in [0.5, 0.6) is 11.5 Å². The lowest BCUT2D eigenvalue weighted by Crippen LogP contribution is -2.49. The third-order valence-corrected chi connectivity index (χ3v) is 8.07. The molecule has 172 valence electrons. The number of fused-ring (bicyclic) bond motifs is 1. The number of aryl methyl sites for hydroxylation is 1. The lowest BCUT2D eigenvalue weighted by molar-refractivity contribution is -0.0445. The summed E-state index contributed by atoms with van der Waals surface area (Å²) in [5.41, 5.74) is 2.75. The van der Waals surface area contributed by atoms with E-state index in [1.807, 2.05) is 18.2 Å². The number of carbonyl (C=O) groups is 1. The molecular weight excluding hydrogens is 414 g/mol. The van der Waals surface area contributed by atoms with Gasteiger partial charge in [-0.3, -0.25) is 9.78 Å². The summed E-state index contributed by atoms with van der Waals surface area (Å²) in [6.07, 6.45) is 10.1. The minimum Gasteiger partial charge on any atom is -0.457 e. The molecule has 3 aromatic rings. The number of nitrogens with one attached hydrogen (secondary N) is 2. The monoisotopic (exact) mass is 445 g/mol. The number of aromatic nitrogens is 3. The molecule has 7 rings (SSSR count). The number of ether oxygens (including phenoxy) is 1. The molecule has 4 bridgehead atoms. The van der Waals surface area contributed by atoms with Gasteiger partial charge in [-0.2, -0.15) is 0 Å². The molecule has 7 nitrogen and oxygen atoms in total. The van der Waals surface area contributed by atoms with Crippen molar-refractivity contribution in [2.24, 2.45) is 30.2 Å². The van der Waals surface area contributed by atoms with E-state index in [0.29, 0.717) is 22.6 Å². The lowest BCUT2D eigenvalue weighted by atomic mass is 9.49. The van der Waals surface area contributed by atoms with Crippen LogP contribution >= 0.6 is 0 Å². The van der Waals surface area contributed by atoms with E-state index < -0.39 is 0 Å². The Bertz CT molecular complexity index is 1180. The number of anilines is 1. The van der Waals surface area contributed by atoms with Gasteiger partial charge >= 0.3 is 0 Å². The third-order valence-electron chi connectivity index (χ3n) is 8.07. The Morgan fingerprint density at radius 2 is 1.79 bits per heavy atom. The van der Waals surface area contributed by atoms with Gasteiger partial charge in [0.2, 0.25) is 5.95 Å². The summed E-state index contributed by atoms with van der Waals surface area (Å²) >= 11 is 0. The topological polar surface area (TPSA) is 81.1 Å². The molecule has 4 fully saturated rings. The van der Waals surface area contributed by atoms with Crippen molar-refractivity contribution in [3.8, 4) is 11.5 Å². The van der Waals surface area contributed by atoms with Gasteiger partial charge in [0.05, 0.1) is 11.0 Å². The maximum Gasteiger partial charge on any atom is 0.269 e. The number of hydrogen-bond donors (Lipinski definition) is 2. The van der Waals surface area contributed by atoms with Gasteiger partial charge in [-0.05, 0) is 79.9 Å². The third kappa shape index (κ3) is 3.73. The molecule has 0 unspecified atom stereocenters. The van der Waals surface area contributed by atoms with Gasteiger partial charge in [-0.1, -0.05) is 0 Å². The Balaban J connectivity index is 1.19. The number of imidazole rings is 1. The van der Waals surface area contributed by atoms with Crippen LogP contribution in [0.1, 0.15) is 49.0 Å². The fourth-order valence-electron chi connectivity index (χ4n) is 7.04. The molecule has 2 heterocycles. The summed E-state index contributed by atoms with van der Waals surface area (Å²) in [6.45, 7) is 1.02. The van der Waals surface area contributed by atoms with Crippen LogP contribution < -0.4 is 15.4 Å². The number of amides is 1. The smallest absolute Gasteiger partial charge is 0.269 e. The molecule has 4 aliphatic carbocycles. The van der Waals surface area contributed by atoms with E-state index in [2.05, 4.69) is 27.2 Å². The molecule has 0 radical (unpaired) electrons. The summed E-state index contributed by atoms with van der Waals surface area (Å²) in [5.74, 6) is 4.79. The molecule has 0 spiro atoms. The normalized spacial score (nSPS) is 27.6. The molecule has 33 heavy (non-hydrogen) atoms. The number of nitrogens with zero attached hydrogens (tertiary/aromatic N) is 3. The number of carbonyl (C=O) groups excluding carboxylic acids is 1. The van der Waals surface area contributed by atoms with E-state index in [-0.39, 0.29) is 5.91 Å². The molecule has 4 saturated carbocycles. The van der Waals surface area contributed by atoms with Crippen molar-refractivity contribution in [2.75, 3.05) is 18.9 Å². The van der Waals surface area contributed by atoms with Gasteiger partial charge in [-0.25, -0.2) is 4.98 Å². The van der Waals surface area contributed by atoms with Crippen molar-refractivity contribution in [2.45, 2.75) is 38.5 Å². The van der Waals surface area contributed by atoms with Gasteiger partial charge in [-0.15, -0.1) is 0 Å². The standard InChI is InChI=1S/C26H31N5O2/c1-27-24(32)22-11-20(5-6-28-22)33-19-3-4-23-21(10-19)30-25(31(23)2)29-15-26-12-16-7-17(13-26)9-18(8-16)14-26/h3-6,10-11,16-18H,7-9,12-15H2,1-2H3,(H,27,32)(H,29,30). The maximum absolute atomic E-state index is 11.8. The molecule has 0 saturated heterocycles. The van der Waals surface area contributed by atoms with E-state index in [1.54, 1.807) is 25.4 Å². The summed E-state index contributed by atoms with van der Waals surface area (Å²) < 4.78 is 8.14. The fraction of sp³-hybridized carbons (Fsp3) is 0.500. The van der Waals surface area contributed by atoms with E-state index >= 15 is 0 Å². The second-order valence-electron chi connectivity index (χ2n) is 10.5. The molecular formula is C26H31N5O2. The van der Waals surface area contributed by atoms with Gasteiger partial charge in [0.25, 0.3) is 5.91 Å². The highest BCUT2D eigenvalue weighted by molar-refractivity contribution is 5.92. The van der Waals surface area contributed by atoms with Crippen molar-refractivity contribution in [3.05, 3.63) is 42.2 Å². The molecule has 0 aliphatic heterocycles. The van der Waals surface area contributed by atoms with E-state index in [9.17, 15) is 4.79 Å². The second-order valence-corrected chi connectivity index (χ2v) is 10.5. The number of pyridine rings is 1. The first kappa shape index (κ1) is 20.5. The Hall–Kier alpha value is -3.09. The molecule has 1 aromatic carbocycles. The van der Waals surface area contributed by atoms with Crippen LogP contribution in [0.25, 0.3) is 11.0 Å². The van der Waals surface area contributed by atoms with Crippen LogP contribution in [0, 0.1) is 23.2 Å². The Morgan fingerprint density at radius 3 is 2.48 bits per heavy atom. The highest BCUT2D eigenvalue weighted by Gasteiger charge is 2.50. The first-order valence-electron chi connectivity index (χ1n) is 12.1. The zero-order chi connectivity index (χ0) is 22.6. The van der Waals surface area contributed by atoms with Crippen LogP contribution in [0.2, 0.25) is 0 Å². The minimum absolute atomic E-state index is 0.240. The van der Waals surface area contributed by atoms with Crippen LogP contribution in [0.3, 0.4) is 0 Å². The molecule has 7 heteroatoms. The zero-order valence-electron chi connectivity index (χ0n) is 19.3. The predicted octanol–water partition coefficient (Wildman–Crippen LogP) is 4.75. The van der Waals surface area contributed by atoms with Crippen LogP contribution in [0.15, 0.2) is 36.5 Å². The van der Waals surface area contributed by atoms with Gasteiger partial charge in [0.1, 0.15) is 17.2 Å². The molecule has 1 amide bonds. The van der Waals surface area contributed by atoms with Gasteiger partial charge in [0, 0.05) is 39.0 Å². The van der Waals surface area contributed by atoms with E-state index in [4.69, 9.17) is 9.72 Å². The molecule has 2 N–H and O–H groups in total. The van der Waals surface area contributed by atoms with Crippen molar-refractivity contribution in [1.29, 1.82) is 0 Å². The summed E-state index contributed by atoms with van der Waals surface area (Å²) in [5, 5.41) is 6.30. The number of benzene rings is 1. The molecule has 0 atom stereocenters. The lowest BCUT2D eigenvalue weighted by Gasteiger charge is -2.56. The predicted molar refractivity (Wildman–Crippen MR) is 128 cm³/mol. The fourth-order valence-corrected chi connectivity index (χ4v) is 7.04. The number of hydrogen-bond acceptors (Lipinski definition) is 5. The Labute approximate surface area is 193 Å². The minimum atomic E-state index is -0.240. The van der Waals surface area contributed by atoms with Crippen molar-refractivity contribution >= 4 is 22.9 Å². The molecule has 4 aliphatic rings. The quantitative estimate of drug-likeness (QED) is 0.572.